The van der Waals surface area contributed by atoms with Gasteiger partial charge in [0, 0.05) is 0 Å². The second-order valence-corrected chi connectivity index (χ2v) is 10.1. The largest absolute Gasteiger partial charge is 0.462 e. The maximum atomic E-state index is 13.8. The number of rotatable bonds is 7. The lowest BCUT2D eigenvalue weighted by atomic mass is 9.50. The summed E-state index contributed by atoms with van der Waals surface area (Å²) in [6.07, 6.45) is 22.5. The zero-order valence-corrected chi connectivity index (χ0v) is 18.2. The molecule has 3 fully saturated rings. The van der Waals surface area contributed by atoms with Crippen molar-refractivity contribution in [1.29, 1.82) is 0 Å². The van der Waals surface area contributed by atoms with E-state index in [1.807, 2.05) is 0 Å². The molecule has 3 aliphatic carbocycles. The van der Waals surface area contributed by atoms with Crippen LogP contribution in [0.1, 0.15) is 129 Å². The molecule has 3 aliphatic rings. The third kappa shape index (κ3) is 4.56. The molecule has 2 heteroatoms. The summed E-state index contributed by atoms with van der Waals surface area (Å²) in [6, 6.07) is 0. The van der Waals surface area contributed by atoms with Gasteiger partial charge in [-0.3, -0.25) is 4.79 Å². The van der Waals surface area contributed by atoms with Crippen LogP contribution in [0.4, 0.5) is 0 Å². The zero-order valence-electron chi connectivity index (χ0n) is 18.2. The molecule has 0 atom stereocenters. The SMILES string of the molecule is CCCC1(C2(C(=O)O[C@H]3CC[C@H](CCC)CC3)CCCCC2)CCCCC1. The van der Waals surface area contributed by atoms with E-state index in [9.17, 15) is 4.79 Å². The Labute approximate surface area is 168 Å². The first-order valence-electron chi connectivity index (χ1n) is 12.4. The van der Waals surface area contributed by atoms with Crippen molar-refractivity contribution < 1.29 is 9.53 Å². The molecule has 3 saturated carbocycles. The second-order valence-electron chi connectivity index (χ2n) is 10.1. The van der Waals surface area contributed by atoms with Crippen LogP contribution < -0.4 is 0 Å². The molecular weight excluding hydrogens is 332 g/mol. The highest BCUT2D eigenvalue weighted by atomic mass is 16.5. The van der Waals surface area contributed by atoms with Crippen LogP contribution in [0.5, 0.6) is 0 Å². The summed E-state index contributed by atoms with van der Waals surface area (Å²) in [6.45, 7) is 4.60. The minimum Gasteiger partial charge on any atom is -0.462 e. The van der Waals surface area contributed by atoms with Gasteiger partial charge in [-0.2, -0.15) is 0 Å². The van der Waals surface area contributed by atoms with Gasteiger partial charge in [-0.15, -0.1) is 0 Å². The van der Waals surface area contributed by atoms with E-state index in [-0.39, 0.29) is 22.9 Å². The molecule has 0 radical (unpaired) electrons. The van der Waals surface area contributed by atoms with E-state index < -0.39 is 0 Å². The molecule has 0 amide bonds. The topological polar surface area (TPSA) is 26.3 Å². The average Bonchev–Trinajstić information content (AvgIpc) is 2.71. The van der Waals surface area contributed by atoms with Crippen molar-refractivity contribution in [3.8, 4) is 0 Å². The van der Waals surface area contributed by atoms with Gasteiger partial charge in [0.2, 0.25) is 0 Å². The molecule has 0 aliphatic heterocycles. The Balaban J connectivity index is 1.72. The smallest absolute Gasteiger partial charge is 0.312 e. The highest BCUT2D eigenvalue weighted by molar-refractivity contribution is 5.78. The van der Waals surface area contributed by atoms with Crippen LogP contribution in [0.2, 0.25) is 0 Å². The van der Waals surface area contributed by atoms with E-state index in [0.717, 1.165) is 31.6 Å². The van der Waals surface area contributed by atoms with Gasteiger partial charge in [0.25, 0.3) is 0 Å². The Bertz CT molecular complexity index is 443. The Morgan fingerprint density at radius 1 is 0.815 bits per heavy atom. The molecule has 0 aromatic rings. The molecule has 27 heavy (non-hydrogen) atoms. The highest BCUT2D eigenvalue weighted by Crippen LogP contribution is 2.60. The molecule has 0 unspecified atom stereocenters. The molecule has 0 spiro atoms. The average molecular weight is 377 g/mol. The Morgan fingerprint density at radius 3 is 1.96 bits per heavy atom. The summed E-state index contributed by atoms with van der Waals surface area (Å²) in [5.74, 6) is 1.09. The van der Waals surface area contributed by atoms with Crippen LogP contribution >= 0.6 is 0 Å². The summed E-state index contributed by atoms with van der Waals surface area (Å²) in [5, 5.41) is 0. The third-order valence-electron chi connectivity index (χ3n) is 8.42. The number of esters is 1. The summed E-state index contributed by atoms with van der Waals surface area (Å²) in [5.41, 5.74) is 0.0683. The van der Waals surface area contributed by atoms with Crippen molar-refractivity contribution in [3.05, 3.63) is 0 Å². The van der Waals surface area contributed by atoms with Crippen molar-refractivity contribution in [2.75, 3.05) is 0 Å². The molecule has 0 N–H and O–H groups in total. The Morgan fingerprint density at radius 2 is 1.41 bits per heavy atom. The van der Waals surface area contributed by atoms with E-state index in [2.05, 4.69) is 13.8 Å². The fraction of sp³-hybridized carbons (Fsp3) is 0.960. The van der Waals surface area contributed by atoms with Gasteiger partial charge in [0.15, 0.2) is 0 Å². The third-order valence-corrected chi connectivity index (χ3v) is 8.42. The predicted octanol–water partition coefficient (Wildman–Crippen LogP) is 7.59. The van der Waals surface area contributed by atoms with Gasteiger partial charge in [-0.25, -0.2) is 0 Å². The molecule has 0 saturated heterocycles. The summed E-state index contributed by atoms with van der Waals surface area (Å²) in [4.78, 5) is 13.8. The zero-order chi connectivity index (χ0) is 19.2. The van der Waals surface area contributed by atoms with Crippen molar-refractivity contribution >= 4 is 5.97 Å². The van der Waals surface area contributed by atoms with Crippen LogP contribution in [-0.4, -0.2) is 12.1 Å². The van der Waals surface area contributed by atoms with Gasteiger partial charge in [-0.1, -0.05) is 71.6 Å². The van der Waals surface area contributed by atoms with Crippen LogP contribution in [0, 0.1) is 16.7 Å². The number of hydrogen-bond acceptors (Lipinski definition) is 2. The van der Waals surface area contributed by atoms with Gasteiger partial charge >= 0.3 is 5.97 Å². The summed E-state index contributed by atoms with van der Waals surface area (Å²) < 4.78 is 6.35. The second kappa shape index (κ2) is 9.79. The van der Waals surface area contributed by atoms with Crippen LogP contribution in [0.25, 0.3) is 0 Å². The number of ether oxygens (including phenoxy) is 1. The quantitative estimate of drug-likeness (QED) is 0.428. The van der Waals surface area contributed by atoms with Gasteiger partial charge in [0.1, 0.15) is 6.10 Å². The summed E-state index contributed by atoms with van der Waals surface area (Å²) >= 11 is 0. The number of hydrogen-bond donors (Lipinski definition) is 0. The van der Waals surface area contributed by atoms with Gasteiger partial charge in [0.05, 0.1) is 5.41 Å². The molecule has 0 bridgehead atoms. The summed E-state index contributed by atoms with van der Waals surface area (Å²) in [7, 11) is 0. The molecule has 156 valence electrons. The molecule has 0 heterocycles. The van der Waals surface area contributed by atoms with Crippen molar-refractivity contribution in [1.82, 2.24) is 0 Å². The first-order valence-corrected chi connectivity index (χ1v) is 12.4. The maximum Gasteiger partial charge on any atom is 0.312 e. The fourth-order valence-electron chi connectivity index (χ4n) is 6.99. The molecule has 0 aromatic heterocycles. The number of carbonyl (C=O) groups is 1. The van der Waals surface area contributed by atoms with Crippen LogP contribution in [-0.2, 0) is 9.53 Å². The number of carbonyl (C=O) groups excluding carboxylic acids is 1. The lowest BCUT2D eigenvalue weighted by molar-refractivity contribution is -0.181. The maximum absolute atomic E-state index is 13.8. The van der Waals surface area contributed by atoms with Gasteiger partial charge in [-0.05, 0) is 69.1 Å². The molecule has 0 aromatic carbocycles. The lowest BCUT2D eigenvalue weighted by Gasteiger charge is -2.53. The first kappa shape index (κ1) is 21.2. The molecule has 2 nitrogen and oxygen atoms in total. The highest BCUT2D eigenvalue weighted by Gasteiger charge is 2.56. The van der Waals surface area contributed by atoms with E-state index >= 15 is 0 Å². The van der Waals surface area contributed by atoms with Gasteiger partial charge < -0.3 is 4.74 Å². The fourth-order valence-corrected chi connectivity index (χ4v) is 6.99. The first-order chi connectivity index (χ1) is 13.2. The van der Waals surface area contributed by atoms with Crippen molar-refractivity contribution in [2.45, 2.75) is 136 Å². The normalized spacial score (nSPS) is 30.6. The van der Waals surface area contributed by atoms with E-state index in [1.165, 1.54) is 89.9 Å². The Hall–Kier alpha value is -0.530. The van der Waals surface area contributed by atoms with Crippen molar-refractivity contribution in [3.63, 3.8) is 0 Å². The molecular formula is C25H44O2. The molecule has 3 rings (SSSR count). The van der Waals surface area contributed by atoms with E-state index in [1.54, 1.807) is 0 Å². The monoisotopic (exact) mass is 376 g/mol. The van der Waals surface area contributed by atoms with E-state index in [0.29, 0.717) is 0 Å². The van der Waals surface area contributed by atoms with E-state index in [4.69, 9.17) is 4.74 Å². The minimum atomic E-state index is -0.165. The van der Waals surface area contributed by atoms with Crippen LogP contribution in [0.15, 0.2) is 0 Å². The Kier molecular flexibility index (Phi) is 7.68. The van der Waals surface area contributed by atoms with Crippen molar-refractivity contribution in [2.24, 2.45) is 16.7 Å². The predicted molar refractivity (Wildman–Crippen MR) is 113 cm³/mol. The standard InChI is InChI=1S/C25H44O2/c1-3-11-21-12-14-22(15-13-21)27-23(26)25(19-9-6-10-20-25)24(16-4-2)17-7-5-8-18-24/h21-22H,3-20H2,1-2H3/t21-,22-. The van der Waals surface area contributed by atoms with Crippen LogP contribution in [0.3, 0.4) is 0 Å². The lowest BCUT2D eigenvalue weighted by Crippen LogP contribution is -2.51. The minimum absolute atomic E-state index is 0.165.